The number of sulfonamides is 1. The molecular weight excluding hydrogens is 402 g/mol. The lowest BCUT2D eigenvalue weighted by atomic mass is 9.94. The highest BCUT2D eigenvalue weighted by atomic mass is 32.2. The van der Waals surface area contributed by atoms with Crippen LogP contribution in [0, 0.1) is 12.8 Å². The molecule has 0 spiro atoms. The number of rotatable bonds is 6. The summed E-state index contributed by atoms with van der Waals surface area (Å²) in [5.74, 6) is 0.501. The maximum Gasteiger partial charge on any atom is 0.254 e. The van der Waals surface area contributed by atoms with E-state index < -0.39 is 10.0 Å². The topological polar surface area (TPSA) is 79.0 Å². The SMILES string of the molecule is CCNS(=O)(=O)c1ccc(C)c(C(=O)N2CCC(CN3CC(C)OC(C)C3)CC2)c1. The number of hydrogen-bond donors (Lipinski definition) is 1. The van der Waals surface area contributed by atoms with Gasteiger partial charge >= 0.3 is 0 Å². The third kappa shape index (κ3) is 5.60. The van der Waals surface area contributed by atoms with Crippen molar-refractivity contribution in [1.82, 2.24) is 14.5 Å². The fourth-order valence-electron chi connectivity index (χ4n) is 4.56. The lowest BCUT2D eigenvalue weighted by molar-refractivity contribution is -0.0728. The van der Waals surface area contributed by atoms with Gasteiger partial charge in [0.25, 0.3) is 5.91 Å². The van der Waals surface area contributed by atoms with Gasteiger partial charge in [0, 0.05) is 44.8 Å². The summed E-state index contributed by atoms with van der Waals surface area (Å²) in [6.07, 6.45) is 2.48. The number of amides is 1. The van der Waals surface area contributed by atoms with Gasteiger partial charge in [-0.2, -0.15) is 0 Å². The van der Waals surface area contributed by atoms with E-state index in [0.29, 0.717) is 31.1 Å². The largest absolute Gasteiger partial charge is 0.373 e. The molecule has 2 heterocycles. The van der Waals surface area contributed by atoms with Crippen molar-refractivity contribution < 1.29 is 17.9 Å². The molecule has 3 rings (SSSR count). The first-order valence-corrected chi connectivity index (χ1v) is 12.4. The number of nitrogens with zero attached hydrogens (tertiary/aromatic N) is 2. The van der Waals surface area contributed by atoms with Crippen LogP contribution in [-0.4, -0.2) is 75.6 Å². The van der Waals surface area contributed by atoms with E-state index in [9.17, 15) is 13.2 Å². The van der Waals surface area contributed by atoms with Crippen LogP contribution in [0.15, 0.2) is 23.1 Å². The number of nitrogens with one attached hydrogen (secondary N) is 1. The first-order chi connectivity index (χ1) is 14.2. The minimum atomic E-state index is -3.58. The fourth-order valence-corrected chi connectivity index (χ4v) is 5.63. The summed E-state index contributed by atoms with van der Waals surface area (Å²) in [6, 6.07) is 4.78. The highest BCUT2D eigenvalue weighted by molar-refractivity contribution is 7.89. The molecule has 1 aromatic carbocycles. The van der Waals surface area contributed by atoms with Crippen LogP contribution in [0.3, 0.4) is 0 Å². The van der Waals surface area contributed by atoms with Gasteiger partial charge in [0.1, 0.15) is 0 Å². The van der Waals surface area contributed by atoms with Crippen LogP contribution < -0.4 is 4.72 Å². The molecule has 1 amide bonds. The molecule has 1 N–H and O–H groups in total. The Morgan fingerprint density at radius 1 is 1.17 bits per heavy atom. The molecule has 2 aliphatic heterocycles. The maximum absolute atomic E-state index is 13.1. The predicted octanol–water partition coefficient (Wildman–Crippen LogP) is 2.25. The Kier molecular flexibility index (Phi) is 7.55. The van der Waals surface area contributed by atoms with Crippen molar-refractivity contribution in [2.24, 2.45) is 5.92 Å². The summed E-state index contributed by atoms with van der Waals surface area (Å²) < 4.78 is 33.0. The lowest BCUT2D eigenvalue weighted by Crippen LogP contribution is -2.48. The number of aryl methyl sites for hydroxylation is 1. The molecule has 2 atom stereocenters. The Bertz CT molecular complexity index is 840. The normalized spacial score (nSPS) is 24.2. The standard InChI is InChI=1S/C22H35N3O4S/c1-5-23-30(27,28)20-7-6-16(2)21(12-20)22(26)25-10-8-19(9-11-25)15-24-13-17(3)29-18(4)14-24/h6-7,12,17-19,23H,5,8-11,13-15H2,1-4H3. The molecule has 30 heavy (non-hydrogen) atoms. The molecule has 0 bridgehead atoms. The second kappa shape index (κ2) is 9.77. The summed E-state index contributed by atoms with van der Waals surface area (Å²) >= 11 is 0. The minimum Gasteiger partial charge on any atom is -0.373 e. The highest BCUT2D eigenvalue weighted by Crippen LogP contribution is 2.24. The molecule has 2 aliphatic rings. The first-order valence-electron chi connectivity index (χ1n) is 11.0. The monoisotopic (exact) mass is 437 g/mol. The fraction of sp³-hybridized carbons (Fsp3) is 0.682. The average Bonchev–Trinajstić information content (AvgIpc) is 2.67. The number of piperidine rings is 1. The van der Waals surface area contributed by atoms with E-state index in [0.717, 1.165) is 38.0 Å². The molecule has 2 unspecified atom stereocenters. The molecule has 8 heteroatoms. The molecular formula is C22H35N3O4S. The van der Waals surface area contributed by atoms with Crippen molar-refractivity contribution in [3.05, 3.63) is 29.3 Å². The van der Waals surface area contributed by atoms with E-state index >= 15 is 0 Å². The van der Waals surface area contributed by atoms with E-state index in [4.69, 9.17) is 4.74 Å². The van der Waals surface area contributed by atoms with Crippen LogP contribution in [0.2, 0.25) is 0 Å². The van der Waals surface area contributed by atoms with Gasteiger partial charge in [-0.05, 0) is 57.2 Å². The van der Waals surface area contributed by atoms with Crippen molar-refractivity contribution in [3.63, 3.8) is 0 Å². The van der Waals surface area contributed by atoms with Gasteiger partial charge in [0.15, 0.2) is 0 Å². The first kappa shape index (κ1) is 23.2. The number of hydrogen-bond acceptors (Lipinski definition) is 5. The van der Waals surface area contributed by atoms with Gasteiger partial charge in [0.05, 0.1) is 17.1 Å². The quantitative estimate of drug-likeness (QED) is 0.739. The number of carbonyl (C=O) groups is 1. The Labute approximate surface area is 180 Å². The summed E-state index contributed by atoms with van der Waals surface area (Å²) in [4.78, 5) is 17.6. The Morgan fingerprint density at radius 3 is 2.40 bits per heavy atom. The van der Waals surface area contributed by atoms with Gasteiger partial charge < -0.3 is 9.64 Å². The third-order valence-electron chi connectivity index (χ3n) is 6.00. The van der Waals surface area contributed by atoms with E-state index in [1.165, 1.54) is 6.07 Å². The second-order valence-corrected chi connectivity index (χ2v) is 10.5. The van der Waals surface area contributed by atoms with E-state index in [2.05, 4.69) is 23.5 Å². The van der Waals surface area contributed by atoms with Gasteiger partial charge in [-0.1, -0.05) is 13.0 Å². The maximum atomic E-state index is 13.1. The molecule has 0 radical (unpaired) electrons. The summed E-state index contributed by atoms with van der Waals surface area (Å²) in [5.41, 5.74) is 1.28. The molecule has 1 aromatic rings. The van der Waals surface area contributed by atoms with Crippen LogP contribution >= 0.6 is 0 Å². The lowest BCUT2D eigenvalue weighted by Gasteiger charge is -2.39. The third-order valence-corrected chi connectivity index (χ3v) is 7.54. The molecule has 0 saturated carbocycles. The predicted molar refractivity (Wildman–Crippen MR) is 117 cm³/mol. The zero-order chi connectivity index (χ0) is 21.9. The molecule has 2 saturated heterocycles. The Hall–Kier alpha value is -1.48. The van der Waals surface area contributed by atoms with E-state index in [1.54, 1.807) is 19.1 Å². The van der Waals surface area contributed by atoms with Crippen molar-refractivity contribution >= 4 is 15.9 Å². The van der Waals surface area contributed by atoms with Gasteiger partial charge in [-0.15, -0.1) is 0 Å². The number of likely N-dealkylation sites (tertiary alicyclic amines) is 1. The molecule has 168 valence electrons. The highest BCUT2D eigenvalue weighted by Gasteiger charge is 2.29. The Morgan fingerprint density at radius 2 is 1.80 bits per heavy atom. The number of ether oxygens (including phenoxy) is 1. The van der Waals surface area contributed by atoms with Gasteiger partial charge in [-0.3, -0.25) is 9.69 Å². The molecule has 7 nitrogen and oxygen atoms in total. The molecule has 2 fully saturated rings. The summed E-state index contributed by atoms with van der Waals surface area (Å²) in [5, 5.41) is 0. The second-order valence-electron chi connectivity index (χ2n) is 8.69. The number of benzene rings is 1. The van der Waals surface area contributed by atoms with Crippen LogP contribution in [0.25, 0.3) is 0 Å². The van der Waals surface area contributed by atoms with Gasteiger partial charge in [-0.25, -0.2) is 13.1 Å². The van der Waals surface area contributed by atoms with E-state index in [-0.39, 0.29) is 23.0 Å². The molecule has 0 aromatic heterocycles. The minimum absolute atomic E-state index is 0.0758. The van der Waals surface area contributed by atoms with Crippen molar-refractivity contribution in [2.45, 2.75) is 57.6 Å². The van der Waals surface area contributed by atoms with Crippen LogP contribution in [0.4, 0.5) is 0 Å². The van der Waals surface area contributed by atoms with Crippen LogP contribution in [0.5, 0.6) is 0 Å². The zero-order valence-electron chi connectivity index (χ0n) is 18.6. The average molecular weight is 438 g/mol. The van der Waals surface area contributed by atoms with Crippen molar-refractivity contribution in [1.29, 1.82) is 0 Å². The summed E-state index contributed by atoms with van der Waals surface area (Å²) in [7, 11) is -3.58. The van der Waals surface area contributed by atoms with Crippen LogP contribution in [0.1, 0.15) is 49.5 Å². The summed E-state index contributed by atoms with van der Waals surface area (Å²) in [6.45, 7) is 12.6. The van der Waals surface area contributed by atoms with Crippen LogP contribution in [-0.2, 0) is 14.8 Å². The number of carbonyl (C=O) groups excluding carboxylic acids is 1. The molecule has 0 aliphatic carbocycles. The zero-order valence-corrected chi connectivity index (χ0v) is 19.4. The van der Waals surface area contributed by atoms with Crippen molar-refractivity contribution in [3.8, 4) is 0 Å². The van der Waals surface area contributed by atoms with Crippen molar-refractivity contribution in [2.75, 3.05) is 39.3 Å². The number of morpholine rings is 1. The smallest absolute Gasteiger partial charge is 0.254 e. The Balaban J connectivity index is 1.61. The van der Waals surface area contributed by atoms with E-state index in [1.807, 2.05) is 11.8 Å². The van der Waals surface area contributed by atoms with Gasteiger partial charge in [0.2, 0.25) is 10.0 Å².